The average Bonchev–Trinajstić information content (AvgIpc) is 2.42. The fourth-order valence-electron chi connectivity index (χ4n) is 1.27. The van der Waals surface area contributed by atoms with E-state index in [0.29, 0.717) is 11.4 Å². The molecule has 0 unspecified atom stereocenters. The fraction of sp³-hybridized carbons (Fsp3) is 0.250. The maximum absolute atomic E-state index is 11.5. The lowest BCUT2D eigenvalue weighted by Crippen LogP contribution is -2.32. The minimum Gasteiger partial charge on any atom is -0.482 e. The van der Waals surface area contributed by atoms with Crippen molar-refractivity contribution in [2.24, 2.45) is 5.73 Å². The molecule has 0 aliphatic carbocycles. The van der Waals surface area contributed by atoms with Crippen molar-refractivity contribution in [3.63, 3.8) is 0 Å². The molecule has 5 N–H and O–H groups in total. The normalized spacial score (nSPS) is 9.52. The number of carboxylic acids is 1. The van der Waals surface area contributed by atoms with Crippen molar-refractivity contribution < 1.29 is 29.0 Å². The number of ether oxygens (including phenoxy) is 2. The smallest absolute Gasteiger partial charge is 0.404 e. The van der Waals surface area contributed by atoms with Gasteiger partial charge in [0.2, 0.25) is 0 Å². The van der Waals surface area contributed by atoms with E-state index in [9.17, 15) is 14.4 Å². The molecule has 9 heteroatoms. The predicted octanol–water partition coefficient (Wildman–Crippen LogP) is 0.367. The van der Waals surface area contributed by atoms with Gasteiger partial charge in [-0.3, -0.25) is 0 Å². The molecule has 0 bridgehead atoms. The molecule has 9 nitrogen and oxygen atoms in total. The monoisotopic (exact) mass is 297 g/mol. The van der Waals surface area contributed by atoms with E-state index in [1.807, 2.05) is 0 Å². The number of carboxylic acid groups (broad SMARTS) is 1. The Morgan fingerprint density at radius 1 is 1.19 bits per heavy atom. The molecule has 1 aromatic carbocycles. The Labute approximate surface area is 120 Å². The van der Waals surface area contributed by atoms with Gasteiger partial charge in [-0.2, -0.15) is 0 Å². The van der Waals surface area contributed by atoms with E-state index in [1.165, 1.54) is 12.1 Å². The summed E-state index contributed by atoms with van der Waals surface area (Å²) < 4.78 is 9.38. The van der Waals surface area contributed by atoms with E-state index in [4.69, 9.17) is 15.6 Å². The van der Waals surface area contributed by atoms with Gasteiger partial charge in [-0.15, -0.1) is 0 Å². The van der Waals surface area contributed by atoms with Crippen LogP contribution in [0.25, 0.3) is 0 Å². The van der Waals surface area contributed by atoms with Crippen LogP contribution in [0.2, 0.25) is 0 Å². The lowest BCUT2D eigenvalue weighted by atomic mass is 10.3. The van der Waals surface area contributed by atoms with E-state index in [1.54, 1.807) is 12.1 Å². The van der Waals surface area contributed by atoms with Crippen LogP contribution < -0.4 is 21.1 Å². The number of hydrogen-bond donors (Lipinski definition) is 4. The topological polar surface area (TPSA) is 140 Å². The van der Waals surface area contributed by atoms with Gasteiger partial charge in [0.05, 0.1) is 6.54 Å². The van der Waals surface area contributed by atoms with Crippen LogP contribution in [-0.2, 0) is 9.53 Å². The molecule has 1 aromatic rings. The molecule has 0 fully saturated rings. The maximum Gasteiger partial charge on any atom is 0.404 e. The highest BCUT2D eigenvalue weighted by molar-refractivity contribution is 5.89. The summed E-state index contributed by atoms with van der Waals surface area (Å²) in [6.07, 6.45) is -0.908. The summed E-state index contributed by atoms with van der Waals surface area (Å²) in [5.74, 6) is -0.701. The van der Waals surface area contributed by atoms with E-state index in [0.717, 1.165) is 0 Å². The number of aliphatic carboxylic acids is 1. The first-order valence-corrected chi connectivity index (χ1v) is 5.89. The number of nitrogens with one attached hydrogen (secondary N) is 2. The highest BCUT2D eigenvalue weighted by Gasteiger charge is 2.03. The molecule has 114 valence electrons. The van der Waals surface area contributed by atoms with Gasteiger partial charge >= 0.3 is 18.1 Å². The lowest BCUT2D eigenvalue weighted by molar-refractivity contribution is -0.139. The summed E-state index contributed by atoms with van der Waals surface area (Å²) in [6.45, 7) is -0.341. The van der Waals surface area contributed by atoms with Crippen LogP contribution in [0.15, 0.2) is 24.3 Å². The number of urea groups is 1. The third-order valence-electron chi connectivity index (χ3n) is 2.11. The number of benzene rings is 1. The second kappa shape index (κ2) is 8.25. The zero-order valence-corrected chi connectivity index (χ0v) is 11.0. The molecule has 0 aliphatic heterocycles. The lowest BCUT2D eigenvalue weighted by Gasteiger charge is -2.08. The van der Waals surface area contributed by atoms with Crippen molar-refractivity contribution in [3.05, 3.63) is 24.3 Å². The van der Waals surface area contributed by atoms with Crippen LogP contribution in [0.1, 0.15) is 0 Å². The van der Waals surface area contributed by atoms with Crippen LogP contribution in [0.4, 0.5) is 15.3 Å². The Morgan fingerprint density at radius 2 is 1.86 bits per heavy atom. The molecule has 0 radical (unpaired) electrons. The SMILES string of the molecule is NC(=O)OCCNC(=O)Nc1ccc(OCC(=O)O)cc1. The van der Waals surface area contributed by atoms with Gasteiger partial charge in [0, 0.05) is 5.69 Å². The minimum atomic E-state index is -1.07. The maximum atomic E-state index is 11.5. The largest absolute Gasteiger partial charge is 0.482 e. The summed E-state index contributed by atoms with van der Waals surface area (Å²) in [6, 6.07) is 5.67. The zero-order valence-electron chi connectivity index (χ0n) is 11.0. The van der Waals surface area contributed by atoms with E-state index < -0.39 is 24.7 Å². The van der Waals surface area contributed by atoms with Gasteiger partial charge in [0.1, 0.15) is 12.4 Å². The van der Waals surface area contributed by atoms with Crippen LogP contribution >= 0.6 is 0 Å². The predicted molar refractivity (Wildman–Crippen MR) is 72.1 cm³/mol. The van der Waals surface area contributed by atoms with Crippen molar-refractivity contribution in [2.45, 2.75) is 0 Å². The van der Waals surface area contributed by atoms with Gasteiger partial charge in [0.15, 0.2) is 6.61 Å². The summed E-state index contributed by atoms with van der Waals surface area (Å²) in [5, 5.41) is 13.4. The highest BCUT2D eigenvalue weighted by atomic mass is 16.5. The van der Waals surface area contributed by atoms with Gasteiger partial charge < -0.3 is 30.9 Å². The number of carbonyl (C=O) groups is 3. The van der Waals surface area contributed by atoms with Crippen LogP contribution in [0, 0.1) is 0 Å². The van der Waals surface area contributed by atoms with Crippen molar-refractivity contribution in [1.82, 2.24) is 5.32 Å². The molecule has 3 amide bonds. The second-order valence-corrected chi connectivity index (χ2v) is 3.76. The van der Waals surface area contributed by atoms with Crippen molar-refractivity contribution in [1.29, 1.82) is 0 Å². The van der Waals surface area contributed by atoms with Gasteiger partial charge in [-0.25, -0.2) is 14.4 Å². The molecule has 21 heavy (non-hydrogen) atoms. The standard InChI is InChI=1S/C12H15N3O6/c13-11(18)20-6-5-14-12(19)15-8-1-3-9(4-2-8)21-7-10(16)17/h1-4H,5-7H2,(H2,13,18)(H,16,17)(H2,14,15,19). The van der Waals surface area contributed by atoms with Crippen LogP contribution in [-0.4, -0.2) is 43.0 Å². The van der Waals surface area contributed by atoms with Crippen molar-refractivity contribution in [3.8, 4) is 5.75 Å². The Balaban J connectivity index is 2.32. The van der Waals surface area contributed by atoms with Gasteiger partial charge in [-0.05, 0) is 24.3 Å². The highest BCUT2D eigenvalue weighted by Crippen LogP contribution is 2.15. The van der Waals surface area contributed by atoms with E-state index >= 15 is 0 Å². The number of carbonyl (C=O) groups excluding carboxylic acids is 2. The van der Waals surface area contributed by atoms with Crippen molar-refractivity contribution >= 4 is 23.8 Å². The molecule has 0 saturated heterocycles. The Kier molecular flexibility index (Phi) is 6.32. The third kappa shape index (κ3) is 7.25. The molecule has 0 saturated carbocycles. The number of primary amides is 1. The molecule has 0 spiro atoms. The number of anilines is 1. The van der Waals surface area contributed by atoms with E-state index in [-0.39, 0.29) is 13.2 Å². The van der Waals surface area contributed by atoms with Crippen LogP contribution in [0.5, 0.6) is 5.75 Å². The summed E-state index contributed by atoms with van der Waals surface area (Å²) in [5.41, 5.74) is 5.24. The molecule has 0 aromatic heterocycles. The first kappa shape index (κ1) is 16.1. The number of rotatable bonds is 7. The molecular formula is C12H15N3O6. The third-order valence-corrected chi connectivity index (χ3v) is 2.11. The van der Waals surface area contributed by atoms with Gasteiger partial charge in [-0.1, -0.05) is 0 Å². The Bertz CT molecular complexity index is 502. The summed E-state index contributed by atoms with van der Waals surface area (Å²) >= 11 is 0. The number of hydrogen-bond acceptors (Lipinski definition) is 5. The number of amides is 3. The summed E-state index contributed by atoms with van der Waals surface area (Å²) in [7, 11) is 0. The average molecular weight is 297 g/mol. The fourth-order valence-corrected chi connectivity index (χ4v) is 1.27. The first-order chi connectivity index (χ1) is 9.97. The van der Waals surface area contributed by atoms with Gasteiger partial charge in [0.25, 0.3) is 0 Å². The molecule has 1 rings (SSSR count). The number of nitrogens with two attached hydrogens (primary N) is 1. The summed E-state index contributed by atoms with van der Waals surface area (Å²) in [4.78, 5) is 32.1. The quantitative estimate of drug-likeness (QED) is 0.536. The zero-order chi connectivity index (χ0) is 15.7. The van der Waals surface area contributed by atoms with Crippen LogP contribution in [0.3, 0.4) is 0 Å². The van der Waals surface area contributed by atoms with E-state index in [2.05, 4.69) is 15.4 Å². The first-order valence-electron chi connectivity index (χ1n) is 5.89. The second-order valence-electron chi connectivity index (χ2n) is 3.76. The Hall–Kier alpha value is -2.97. The molecule has 0 aliphatic rings. The molecular weight excluding hydrogens is 282 g/mol. The Morgan fingerprint density at radius 3 is 2.43 bits per heavy atom. The molecule has 0 heterocycles. The van der Waals surface area contributed by atoms with Crippen molar-refractivity contribution in [2.75, 3.05) is 25.1 Å². The minimum absolute atomic E-state index is 0.0231. The molecule has 0 atom stereocenters.